The molecule has 0 aliphatic carbocycles. The van der Waals surface area contributed by atoms with Crippen molar-refractivity contribution >= 4 is 28.9 Å². The number of carbonyl (C=O) groups excluding carboxylic acids is 1. The van der Waals surface area contributed by atoms with Crippen molar-refractivity contribution in [3.63, 3.8) is 0 Å². The van der Waals surface area contributed by atoms with Crippen LogP contribution in [0.1, 0.15) is 27.0 Å². The summed E-state index contributed by atoms with van der Waals surface area (Å²) in [6, 6.07) is 5.45. The highest BCUT2D eigenvalue weighted by Crippen LogP contribution is 2.20. The molecule has 0 aliphatic heterocycles. The fourth-order valence-corrected chi connectivity index (χ4v) is 3.15. The molecule has 3 rings (SSSR count). The Hall–Kier alpha value is -2.06. The van der Waals surface area contributed by atoms with Gasteiger partial charge in [0.2, 0.25) is 5.89 Å². The van der Waals surface area contributed by atoms with Gasteiger partial charge in [-0.05, 0) is 31.2 Å². The van der Waals surface area contributed by atoms with Gasteiger partial charge in [-0.15, -0.1) is 21.5 Å². The van der Waals surface area contributed by atoms with E-state index in [-0.39, 0.29) is 17.4 Å². The van der Waals surface area contributed by atoms with E-state index in [1.54, 1.807) is 11.3 Å². The zero-order chi connectivity index (χ0) is 16.2. The molecule has 23 heavy (non-hydrogen) atoms. The summed E-state index contributed by atoms with van der Waals surface area (Å²) in [6.45, 7) is 1.93. The van der Waals surface area contributed by atoms with Gasteiger partial charge in [-0.2, -0.15) is 0 Å². The number of hydrogen-bond donors (Lipinski definition) is 0. The van der Waals surface area contributed by atoms with Gasteiger partial charge in [0.25, 0.3) is 5.22 Å². The number of rotatable bonds is 6. The minimum atomic E-state index is -0.368. The van der Waals surface area contributed by atoms with Gasteiger partial charge in [-0.1, -0.05) is 11.8 Å². The van der Waals surface area contributed by atoms with Crippen LogP contribution in [0.2, 0.25) is 0 Å². The van der Waals surface area contributed by atoms with E-state index in [4.69, 9.17) is 4.42 Å². The van der Waals surface area contributed by atoms with Gasteiger partial charge in [0.1, 0.15) is 5.82 Å². The van der Waals surface area contributed by atoms with Gasteiger partial charge in [-0.3, -0.25) is 4.79 Å². The number of nitrogens with zero attached hydrogens (tertiary/aromatic N) is 3. The molecule has 0 fully saturated rings. The molecule has 5 nitrogen and oxygen atoms in total. The van der Waals surface area contributed by atoms with E-state index < -0.39 is 0 Å². The highest BCUT2D eigenvalue weighted by molar-refractivity contribution is 7.99. The summed E-state index contributed by atoms with van der Waals surface area (Å²) in [4.78, 5) is 16.3. The number of Topliss-reactive ketones (excluding diaryl/α,β-unsaturated/α-hetero) is 1. The van der Waals surface area contributed by atoms with Crippen LogP contribution in [-0.2, 0) is 6.42 Å². The maximum absolute atomic E-state index is 12.8. The van der Waals surface area contributed by atoms with Crippen LogP contribution in [0.15, 0.2) is 39.3 Å². The van der Waals surface area contributed by atoms with E-state index in [1.165, 1.54) is 24.3 Å². The molecule has 0 aliphatic rings. The molecule has 0 radical (unpaired) electrons. The first kappa shape index (κ1) is 15.8. The quantitative estimate of drug-likeness (QED) is 0.501. The van der Waals surface area contributed by atoms with Crippen LogP contribution in [0.4, 0.5) is 4.39 Å². The molecular weight excluding hydrogens is 337 g/mol. The number of benzene rings is 1. The van der Waals surface area contributed by atoms with Gasteiger partial charge in [-0.25, -0.2) is 9.37 Å². The van der Waals surface area contributed by atoms with E-state index >= 15 is 0 Å². The zero-order valence-corrected chi connectivity index (χ0v) is 13.8. The average Bonchev–Trinajstić information content (AvgIpc) is 3.15. The van der Waals surface area contributed by atoms with Crippen LogP contribution in [0, 0.1) is 12.7 Å². The second-order valence-electron chi connectivity index (χ2n) is 4.72. The summed E-state index contributed by atoms with van der Waals surface area (Å²) in [6.07, 6.45) is 0.476. The van der Waals surface area contributed by atoms with Crippen molar-refractivity contribution in [2.24, 2.45) is 0 Å². The average molecular weight is 349 g/mol. The summed E-state index contributed by atoms with van der Waals surface area (Å²) in [5.41, 5.74) is 1.34. The Bertz CT molecular complexity index is 814. The molecule has 118 valence electrons. The van der Waals surface area contributed by atoms with E-state index in [1.807, 2.05) is 12.3 Å². The third kappa shape index (κ3) is 4.23. The van der Waals surface area contributed by atoms with E-state index in [0.29, 0.717) is 23.1 Å². The SMILES string of the molecule is Cc1nc(Cc2nnc(SCC(=O)c3ccc(F)cc3)o2)cs1. The fourth-order valence-electron chi connectivity index (χ4n) is 1.86. The Kier molecular flexibility index (Phi) is 4.82. The van der Waals surface area contributed by atoms with Gasteiger partial charge in [0, 0.05) is 10.9 Å². The Labute approximate surface area is 140 Å². The first-order valence-corrected chi connectivity index (χ1v) is 8.61. The topological polar surface area (TPSA) is 68.9 Å². The third-order valence-electron chi connectivity index (χ3n) is 2.94. The van der Waals surface area contributed by atoms with Crippen molar-refractivity contribution in [1.82, 2.24) is 15.2 Å². The molecule has 0 N–H and O–H groups in total. The summed E-state index contributed by atoms with van der Waals surface area (Å²) in [5.74, 6) is 0.133. The number of aryl methyl sites for hydroxylation is 1. The number of hydrogen-bond acceptors (Lipinski definition) is 7. The molecule has 0 spiro atoms. The molecule has 3 aromatic rings. The van der Waals surface area contributed by atoms with Crippen LogP contribution in [0.5, 0.6) is 0 Å². The first-order chi connectivity index (χ1) is 11.1. The number of halogens is 1. The van der Waals surface area contributed by atoms with Crippen molar-refractivity contribution in [3.8, 4) is 0 Å². The van der Waals surface area contributed by atoms with Gasteiger partial charge < -0.3 is 4.42 Å². The molecule has 2 heterocycles. The van der Waals surface area contributed by atoms with Crippen LogP contribution >= 0.6 is 23.1 Å². The molecule has 1 aromatic carbocycles. The standard InChI is InChI=1S/C15H12FN3O2S2/c1-9-17-12(7-22-9)6-14-18-19-15(21-14)23-8-13(20)10-2-4-11(16)5-3-10/h2-5,7H,6,8H2,1H3. The second kappa shape index (κ2) is 7.01. The van der Waals surface area contributed by atoms with Crippen molar-refractivity contribution in [2.45, 2.75) is 18.6 Å². The largest absolute Gasteiger partial charge is 0.416 e. The van der Waals surface area contributed by atoms with E-state index in [9.17, 15) is 9.18 Å². The maximum atomic E-state index is 12.8. The second-order valence-corrected chi connectivity index (χ2v) is 6.70. The van der Waals surface area contributed by atoms with Crippen LogP contribution in [0.25, 0.3) is 0 Å². The van der Waals surface area contributed by atoms with Gasteiger partial charge >= 0.3 is 0 Å². The lowest BCUT2D eigenvalue weighted by Crippen LogP contribution is -2.02. The Morgan fingerprint density at radius 1 is 1.30 bits per heavy atom. The van der Waals surface area contributed by atoms with Crippen LogP contribution < -0.4 is 0 Å². The monoisotopic (exact) mass is 349 g/mol. The van der Waals surface area contributed by atoms with Gasteiger partial charge in [0.15, 0.2) is 5.78 Å². The van der Waals surface area contributed by atoms with Crippen molar-refractivity contribution in [1.29, 1.82) is 0 Å². The molecule has 0 unspecified atom stereocenters. The predicted octanol–water partition coefficient (Wildman–Crippen LogP) is 3.54. The fraction of sp³-hybridized carbons (Fsp3) is 0.200. The maximum Gasteiger partial charge on any atom is 0.277 e. The number of thiazole rings is 1. The molecule has 0 saturated heterocycles. The van der Waals surface area contributed by atoms with Crippen molar-refractivity contribution in [2.75, 3.05) is 5.75 Å². The Balaban J connectivity index is 1.56. The third-order valence-corrected chi connectivity index (χ3v) is 4.58. The smallest absolute Gasteiger partial charge is 0.277 e. The number of carbonyl (C=O) groups is 1. The molecule has 8 heteroatoms. The lowest BCUT2D eigenvalue weighted by molar-refractivity contribution is 0.102. The highest BCUT2D eigenvalue weighted by Gasteiger charge is 2.12. The molecule has 2 aromatic heterocycles. The Morgan fingerprint density at radius 2 is 2.09 bits per heavy atom. The normalized spacial score (nSPS) is 10.9. The molecule has 0 atom stereocenters. The van der Waals surface area contributed by atoms with Crippen LogP contribution in [0.3, 0.4) is 0 Å². The zero-order valence-electron chi connectivity index (χ0n) is 12.2. The molecule has 0 amide bonds. The van der Waals surface area contributed by atoms with Crippen LogP contribution in [-0.4, -0.2) is 26.7 Å². The summed E-state index contributed by atoms with van der Waals surface area (Å²) in [7, 11) is 0. The lowest BCUT2D eigenvalue weighted by atomic mass is 10.1. The summed E-state index contributed by atoms with van der Waals surface area (Å²) < 4.78 is 18.3. The van der Waals surface area contributed by atoms with E-state index in [0.717, 1.165) is 22.5 Å². The van der Waals surface area contributed by atoms with Crippen molar-refractivity contribution < 1.29 is 13.6 Å². The number of aromatic nitrogens is 3. The first-order valence-electron chi connectivity index (χ1n) is 6.75. The highest BCUT2D eigenvalue weighted by atomic mass is 32.2. The predicted molar refractivity (Wildman–Crippen MR) is 85.4 cm³/mol. The summed E-state index contributed by atoms with van der Waals surface area (Å²) >= 11 is 2.73. The van der Waals surface area contributed by atoms with Crippen molar-refractivity contribution in [3.05, 3.63) is 57.6 Å². The minimum Gasteiger partial charge on any atom is -0.416 e. The number of ketones is 1. The Morgan fingerprint density at radius 3 is 2.78 bits per heavy atom. The molecule has 0 bridgehead atoms. The lowest BCUT2D eigenvalue weighted by Gasteiger charge is -1.98. The summed E-state index contributed by atoms with van der Waals surface area (Å²) in [5, 5.41) is 11.1. The van der Waals surface area contributed by atoms with Gasteiger partial charge in [0.05, 0.1) is 22.9 Å². The molecule has 0 saturated carbocycles. The van der Waals surface area contributed by atoms with E-state index in [2.05, 4.69) is 15.2 Å². The molecular formula is C15H12FN3O2S2. The number of thioether (sulfide) groups is 1. The minimum absolute atomic E-state index is 0.120.